The number of aromatic amines is 2. The van der Waals surface area contributed by atoms with Crippen LogP contribution in [0.1, 0.15) is 0 Å². The second kappa shape index (κ2) is 5.97. The Morgan fingerprint density at radius 1 is 1.00 bits per heavy atom. The van der Waals surface area contributed by atoms with Crippen LogP contribution in [0.2, 0.25) is 10.0 Å². The number of H-pyrrole nitrogens is 2. The van der Waals surface area contributed by atoms with Crippen molar-refractivity contribution in [2.24, 2.45) is 0 Å². The number of halogens is 2. The maximum Gasteiger partial charge on any atom is 0.339 e. The molecule has 0 spiro atoms. The van der Waals surface area contributed by atoms with E-state index < -0.39 is 21.4 Å². The van der Waals surface area contributed by atoms with Gasteiger partial charge in [-0.25, -0.2) is 4.79 Å². The molecule has 0 unspecified atom stereocenters. The van der Waals surface area contributed by atoms with E-state index >= 15 is 0 Å². The molecule has 0 amide bonds. The molecule has 0 atom stereocenters. The van der Waals surface area contributed by atoms with Crippen LogP contribution in [0.4, 0.5) is 0 Å². The fourth-order valence-corrected chi connectivity index (χ4v) is 3.36. The molecule has 0 saturated heterocycles. The summed E-state index contributed by atoms with van der Waals surface area (Å²) in [5.41, 5.74) is -1.21. The van der Waals surface area contributed by atoms with E-state index in [2.05, 4.69) is 4.98 Å². The van der Waals surface area contributed by atoms with Crippen LogP contribution in [0.25, 0.3) is 10.9 Å². The van der Waals surface area contributed by atoms with Crippen LogP contribution in [0.15, 0.2) is 50.9 Å². The SMILES string of the molecule is O=c1[nH]c(=O)c2cc(S(=O)(=O)Oc3cccc(Cl)c3Cl)ccc2[nH]1. The maximum absolute atomic E-state index is 12.4. The van der Waals surface area contributed by atoms with Crippen molar-refractivity contribution >= 4 is 44.2 Å². The second-order valence-electron chi connectivity index (χ2n) is 4.71. The highest BCUT2D eigenvalue weighted by atomic mass is 35.5. The Bertz CT molecular complexity index is 1170. The zero-order valence-electron chi connectivity index (χ0n) is 11.7. The zero-order valence-corrected chi connectivity index (χ0v) is 14.0. The van der Waals surface area contributed by atoms with Gasteiger partial charge in [-0.05, 0) is 30.3 Å². The molecule has 3 aromatic rings. The van der Waals surface area contributed by atoms with Gasteiger partial charge in [0.1, 0.15) is 9.92 Å². The summed E-state index contributed by atoms with van der Waals surface area (Å²) in [5.74, 6) is -0.139. The van der Waals surface area contributed by atoms with Gasteiger partial charge in [-0.15, -0.1) is 0 Å². The van der Waals surface area contributed by atoms with Gasteiger partial charge in [0, 0.05) is 0 Å². The standard InChI is InChI=1S/C14H8Cl2N2O5S/c15-9-2-1-3-11(12(9)16)23-24(21,22)7-4-5-10-8(6-7)13(19)18-14(20)17-10/h1-6H,(H2,17,18,19,20). The van der Waals surface area contributed by atoms with Crippen molar-refractivity contribution in [1.82, 2.24) is 9.97 Å². The van der Waals surface area contributed by atoms with Crippen molar-refractivity contribution in [2.75, 3.05) is 0 Å². The monoisotopic (exact) mass is 386 g/mol. The maximum atomic E-state index is 12.4. The fourth-order valence-electron chi connectivity index (χ4n) is 2.01. The van der Waals surface area contributed by atoms with Gasteiger partial charge in [0.25, 0.3) is 5.56 Å². The van der Waals surface area contributed by atoms with Crippen molar-refractivity contribution < 1.29 is 12.6 Å². The molecule has 24 heavy (non-hydrogen) atoms. The van der Waals surface area contributed by atoms with Gasteiger partial charge < -0.3 is 9.17 Å². The summed E-state index contributed by atoms with van der Waals surface area (Å²) in [6, 6.07) is 7.90. The molecule has 0 radical (unpaired) electrons. The van der Waals surface area contributed by atoms with Gasteiger partial charge in [-0.3, -0.25) is 9.78 Å². The zero-order chi connectivity index (χ0) is 17.5. The summed E-state index contributed by atoms with van der Waals surface area (Å²) in [4.78, 5) is 27.1. The lowest BCUT2D eigenvalue weighted by molar-refractivity contribution is 0.486. The molecule has 10 heteroatoms. The molecule has 2 aromatic carbocycles. The summed E-state index contributed by atoms with van der Waals surface area (Å²) >= 11 is 11.7. The molecule has 0 aliphatic heterocycles. The normalized spacial score (nSPS) is 11.6. The molecule has 1 heterocycles. The number of rotatable bonds is 3. The average molecular weight is 387 g/mol. The van der Waals surface area contributed by atoms with E-state index in [-0.39, 0.29) is 31.6 Å². The largest absolute Gasteiger partial charge is 0.377 e. The van der Waals surface area contributed by atoms with Gasteiger partial charge in [0.05, 0.1) is 15.9 Å². The molecule has 0 fully saturated rings. The predicted octanol–water partition coefficient (Wildman–Crippen LogP) is 2.29. The molecule has 2 N–H and O–H groups in total. The van der Waals surface area contributed by atoms with E-state index in [1.54, 1.807) is 0 Å². The summed E-state index contributed by atoms with van der Waals surface area (Å²) in [6.07, 6.45) is 0. The first-order chi connectivity index (χ1) is 11.3. The Kier molecular flexibility index (Phi) is 4.12. The van der Waals surface area contributed by atoms with E-state index in [0.29, 0.717) is 0 Å². The highest BCUT2D eigenvalue weighted by Crippen LogP contribution is 2.33. The topological polar surface area (TPSA) is 109 Å². The smallest absolute Gasteiger partial charge is 0.339 e. The Hall–Kier alpha value is -2.29. The van der Waals surface area contributed by atoms with Crippen molar-refractivity contribution in [3.8, 4) is 5.75 Å². The third-order valence-electron chi connectivity index (χ3n) is 3.12. The lowest BCUT2D eigenvalue weighted by Gasteiger charge is -2.09. The average Bonchev–Trinajstić information content (AvgIpc) is 2.51. The first-order valence-electron chi connectivity index (χ1n) is 6.43. The van der Waals surface area contributed by atoms with E-state index in [1.807, 2.05) is 4.98 Å². The molecule has 3 rings (SSSR count). The number of hydrogen-bond donors (Lipinski definition) is 2. The highest BCUT2D eigenvalue weighted by molar-refractivity contribution is 7.87. The molecular formula is C14H8Cl2N2O5S. The van der Waals surface area contributed by atoms with Crippen LogP contribution < -0.4 is 15.4 Å². The lowest BCUT2D eigenvalue weighted by atomic mass is 10.2. The Morgan fingerprint density at radius 3 is 2.50 bits per heavy atom. The van der Waals surface area contributed by atoms with E-state index in [0.717, 1.165) is 6.07 Å². The van der Waals surface area contributed by atoms with Crippen LogP contribution >= 0.6 is 23.2 Å². The number of hydrogen-bond acceptors (Lipinski definition) is 5. The minimum absolute atomic E-state index is 0.00327. The van der Waals surface area contributed by atoms with E-state index in [9.17, 15) is 18.0 Å². The minimum atomic E-state index is -4.26. The fraction of sp³-hybridized carbons (Fsp3) is 0. The first kappa shape index (κ1) is 16.6. The van der Waals surface area contributed by atoms with Crippen molar-refractivity contribution in [1.29, 1.82) is 0 Å². The first-order valence-corrected chi connectivity index (χ1v) is 8.59. The second-order valence-corrected chi connectivity index (χ2v) is 7.04. The number of fused-ring (bicyclic) bond motifs is 1. The highest BCUT2D eigenvalue weighted by Gasteiger charge is 2.20. The summed E-state index contributed by atoms with van der Waals surface area (Å²) in [6.45, 7) is 0. The van der Waals surface area contributed by atoms with Gasteiger partial charge in [-0.1, -0.05) is 29.3 Å². The van der Waals surface area contributed by atoms with Crippen LogP contribution in [0.3, 0.4) is 0 Å². The van der Waals surface area contributed by atoms with Gasteiger partial charge in [0.2, 0.25) is 0 Å². The van der Waals surface area contributed by atoms with Gasteiger partial charge >= 0.3 is 15.8 Å². The van der Waals surface area contributed by atoms with E-state index in [4.69, 9.17) is 27.4 Å². The number of aromatic nitrogens is 2. The van der Waals surface area contributed by atoms with Crippen LogP contribution in [0, 0.1) is 0 Å². The van der Waals surface area contributed by atoms with Gasteiger partial charge in [0.15, 0.2) is 5.75 Å². The van der Waals surface area contributed by atoms with Crippen LogP contribution in [-0.4, -0.2) is 18.4 Å². The number of benzene rings is 2. The van der Waals surface area contributed by atoms with Crippen LogP contribution in [-0.2, 0) is 10.1 Å². The Balaban J connectivity index is 2.10. The van der Waals surface area contributed by atoms with Crippen molar-refractivity contribution in [2.45, 2.75) is 4.90 Å². The van der Waals surface area contributed by atoms with E-state index in [1.165, 1.54) is 30.3 Å². The summed E-state index contributed by atoms with van der Waals surface area (Å²) < 4.78 is 29.7. The lowest BCUT2D eigenvalue weighted by Crippen LogP contribution is -2.22. The molecule has 7 nitrogen and oxygen atoms in total. The third kappa shape index (κ3) is 3.03. The van der Waals surface area contributed by atoms with Gasteiger partial charge in [-0.2, -0.15) is 8.42 Å². The molecule has 0 saturated carbocycles. The Labute approximate surface area is 144 Å². The van der Waals surface area contributed by atoms with Crippen molar-refractivity contribution in [3.63, 3.8) is 0 Å². The van der Waals surface area contributed by atoms with Crippen LogP contribution in [0.5, 0.6) is 5.75 Å². The molecule has 0 aliphatic carbocycles. The number of nitrogens with one attached hydrogen (secondary N) is 2. The Morgan fingerprint density at radius 2 is 1.75 bits per heavy atom. The molecule has 0 aliphatic rings. The summed E-state index contributed by atoms with van der Waals surface area (Å²) in [5, 5.41) is 0.0825. The molecule has 0 bridgehead atoms. The third-order valence-corrected chi connectivity index (χ3v) is 5.15. The summed E-state index contributed by atoms with van der Waals surface area (Å²) in [7, 11) is -4.26. The molecular weight excluding hydrogens is 379 g/mol. The quantitative estimate of drug-likeness (QED) is 0.671. The predicted molar refractivity (Wildman–Crippen MR) is 89.5 cm³/mol. The van der Waals surface area contributed by atoms with Crippen molar-refractivity contribution in [3.05, 3.63) is 67.3 Å². The minimum Gasteiger partial charge on any atom is -0.377 e. The molecule has 124 valence electrons. The molecule has 1 aromatic heterocycles.